The smallest absolute Gasteiger partial charge is 0.142 e. The SMILES string of the molecule is O=C1CCCCC1C1=NCCS1. The Hall–Kier alpha value is -0.310. The lowest BCUT2D eigenvalue weighted by Gasteiger charge is -2.19. The van der Waals surface area contributed by atoms with Gasteiger partial charge < -0.3 is 0 Å². The van der Waals surface area contributed by atoms with Gasteiger partial charge in [0.15, 0.2) is 0 Å². The maximum Gasteiger partial charge on any atom is 0.142 e. The molecule has 1 saturated carbocycles. The number of rotatable bonds is 1. The number of thioether (sulfide) groups is 1. The molecule has 1 fully saturated rings. The lowest BCUT2D eigenvalue weighted by molar-refractivity contribution is -0.122. The van der Waals surface area contributed by atoms with E-state index in [-0.39, 0.29) is 5.92 Å². The Morgan fingerprint density at radius 2 is 2.33 bits per heavy atom. The topological polar surface area (TPSA) is 29.4 Å². The van der Waals surface area contributed by atoms with Crippen molar-refractivity contribution in [1.29, 1.82) is 0 Å². The Morgan fingerprint density at radius 3 is 3.00 bits per heavy atom. The van der Waals surface area contributed by atoms with Crippen molar-refractivity contribution >= 4 is 22.6 Å². The summed E-state index contributed by atoms with van der Waals surface area (Å²) in [6.45, 7) is 0.920. The molecule has 0 amide bonds. The quantitative estimate of drug-likeness (QED) is 0.621. The molecule has 2 aliphatic rings. The number of carbonyl (C=O) groups is 1. The van der Waals surface area contributed by atoms with Gasteiger partial charge in [0.05, 0.1) is 11.0 Å². The summed E-state index contributed by atoms with van der Waals surface area (Å²) >= 11 is 1.78. The second-order valence-corrected chi connectivity index (χ2v) is 4.45. The van der Waals surface area contributed by atoms with Crippen LogP contribution in [0.15, 0.2) is 4.99 Å². The number of hydrogen-bond acceptors (Lipinski definition) is 3. The average Bonchev–Trinajstić information content (AvgIpc) is 2.57. The van der Waals surface area contributed by atoms with Crippen LogP contribution in [0, 0.1) is 5.92 Å². The number of carbonyl (C=O) groups excluding carboxylic acids is 1. The average molecular weight is 183 g/mol. The molecule has 0 aromatic heterocycles. The fourth-order valence-corrected chi connectivity index (χ4v) is 2.83. The zero-order valence-electron chi connectivity index (χ0n) is 7.08. The van der Waals surface area contributed by atoms with Crippen LogP contribution in [0.3, 0.4) is 0 Å². The molecule has 0 N–H and O–H groups in total. The van der Waals surface area contributed by atoms with Crippen LogP contribution >= 0.6 is 11.8 Å². The first-order valence-corrected chi connectivity index (χ1v) is 5.56. The van der Waals surface area contributed by atoms with Gasteiger partial charge in [-0.1, -0.05) is 6.42 Å². The molecule has 2 nitrogen and oxygen atoms in total. The molecule has 1 aliphatic carbocycles. The van der Waals surface area contributed by atoms with Crippen molar-refractivity contribution in [3.05, 3.63) is 0 Å². The lowest BCUT2D eigenvalue weighted by atomic mass is 9.89. The number of aliphatic imine (C=N–C) groups is 1. The first-order chi connectivity index (χ1) is 5.88. The van der Waals surface area contributed by atoms with Gasteiger partial charge in [-0.2, -0.15) is 0 Å². The molecule has 1 aliphatic heterocycles. The summed E-state index contributed by atoms with van der Waals surface area (Å²) in [4.78, 5) is 15.9. The van der Waals surface area contributed by atoms with Gasteiger partial charge in [0.2, 0.25) is 0 Å². The van der Waals surface area contributed by atoms with Crippen molar-refractivity contribution in [3.8, 4) is 0 Å². The molecule has 12 heavy (non-hydrogen) atoms. The van der Waals surface area contributed by atoms with E-state index in [1.807, 2.05) is 0 Å². The molecular formula is C9H13NOS. The summed E-state index contributed by atoms with van der Waals surface area (Å²) in [6.07, 6.45) is 4.12. The normalized spacial score (nSPS) is 30.5. The van der Waals surface area contributed by atoms with Gasteiger partial charge in [-0.3, -0.25) is 9.79 Å². The van der Waals surface area contributed by atoms with Gasteiger partial charge in [-0.25, -0.2) is 0 Å². The predicted octanol–water partition coefficient (Wildman–Crippen LogP) is 1.89. The van der Waals surface area contributed by atoms with Gasteiger partial charge in [-0.15, -0.1) is 11.8 Å². The standard InChI is InChI=1S/C9H13NOS/c11-8-4-2-1-3-7(8)9-10-5-6-12-9/h7H,1-6H2. The Bertz CT molecular complexity index is 225. The van der Waals surface area contributed by atoms with Crippen LogP contribution in [0.2, 0.25) is 0 Å². The van der Waals surface area contributed by atoms with Crippen LogP contribution in [0.25, 0.3) is 0 Å². The van der Waals surface area contributed by atoms with Crippen molar-refractivity contribution in [1.82, 2.24) is 0 Å². The van der Waals surface area contributed by atoms with E-state index in [0.717, 1.165) is 36.6 Å². The van der Waals surface area contributed by atoms with Crippen LogP contribution in [-0.4, -0.2) is 23.1 Å². The molecular weight excluding hydrogens is 170 g/mol. The van der Waals surface area contributed by atoms with Crippen molar-refractivity contribution in [2.75, 3.05) is 12.3 Å². The molecule has 1 heterocycles. The van der Waals surface area contributed by atoms with Crippen molar-refractivity contribution < 1.29 is 4.79 Å². The highest BCUT2D eigenvalue weighted by atomic mass is 32.2. The van der Waals surface area contributed by atoms with E-state index in [4.69, 9.17) is 0 Å². The van der Waals surface area contributed by atoms with E-state index in [9.17, 15) is 4.79 Å². The van der Waals surface area contributed by atoms with E-state index in [1.54, 1.807) is 11.8 Å². The van der Waals surface area contributed by atoms with Crippen molar-refractivity contribution in [3.63, 3.8) is 0 Å². The number of hydrogen-bond donors (Lipinski definition) is 0. The maximum absolute atomic E-state index is 11.5. The van der Waals surface area contributed by atoms with E-state index in [0.29, 0.717) is 5.78 Å². The zero-order chi connectivity index (χ0) is 8.39. The molecule has 0 saturated heterocycles. The van der Waals surface area contributed by atoms with Crippen LogP contribution in [-0.2, 0) is 4.79 Å². The summed E-state index contributed by atoms with van der Waals surface area (Å²) in [5.41, 5.74) is 0. The zero-order valence-corrected chi connectivity index (χ0v) is 7.90. The Balaban J connectivity index is 2.05. The predicted molar refractivity (Wildman–Crippen MR) is 51.7 cm³/mol. The van der Waals surface area contributed by atoms with E-state index < -0.39 is 0 Å². The van der Waals surface area contributed by atoms with Gasteiger partial charge in [0.25, 0.3) is 0 Å². The van der Waals surface area contributed by atoms with Gasteiger partial charge in [0.1, 0.15) is 5.78 Å². The summed E-state index contributed by atoms with van der Waals surface area (Å²) in [6, 6.07) is 0. The molecule has 0 spiro atoms. The molecule has 0 aromatic rings. The minimum Gasteiger partial charge on any atom is -0.299 e. The van der Waals surface area contributed by atoms with Gasteiger partial charge in [-0.05, 0) is 12.8 Å². The third-order valence-electron chi connectivity index (χ3n) is 2.46. The second-order valence-electron chi connectivity index (χ2n) is 3.33. The minimum atomic E-state index is 0.186. The van der Waals surface area contributed by atoms with E-state index in [1.165, 1.54) is 6.42 Å². The molecule has 1 unspecified atom stereocenters. The van der Waals surface area contributed by atoms with Crippen LogP contribution < -0.4 is 0 Å². The summed E-state index contributed by atoms with van der Waals surface area (Å²) < 4.78 is 0. The highest BCUT2D eigenvalue weighted by Crippen LogP contribution is 2.28. The minimum absolute atomic E-state index is 0.186. The number of Topliss-reactive ketones (excluding diaryl/α,β-unsaturated/α-hetero) is 1. The molecule has 0 radical (unpaired) electrons. The Labute approximate surface area is 76.8 Å². The Morgan fingerprint density at radius 1 is 1.42 bits per heavy atom. The lowest BCUT2D eigenvalue weighted by Crippen LogP contribution is -2.24. The third kappa shape index (κ3) is 1.56. The van der Waals surface area contributed by atoms with Crippen molar-refractivity contribution in [2.45, 2.75) is 25.7 Å². The van der Waals surface area contributed by atoms with Crippen LogP contribution in [0.1, 0.15) is 25.7 Å². The largest absolute Gasteiger partial charge is 0.299 e. The monoisotopic (exact) mass is 183 g/mol. The van der Waals surface area contributed by atoms with Crippen LogP contribution in [0.4, 0.5) is 0 Å². The first-order valence-electron chi connectivity index (χ1n) is 4.58. The van der Waals surface area contributed by atoms with Crippen LogP contribution in [0.5, 0.6) is 0 Å². The number of nitrogens with zero attached hydrogens (tertiary/aromatic N) is 1. The molecule has 2 rings (SSSR count). The Kier molecular flexibility index (Phi) is 2.49. The van der Waals surface area contributed by atoms with E-state index >= 15 is 0 Å². The molecule has 0 aromatic carbocycles. The molecule has 66 valence electrons. The summed E-state index contributed by atoms with van der Waals surface area (Å²) in [5, 5.41) is 1.12. The first kappa shape index (κ1) is 8.30. The highest BCUT2D eigenvalue weighted by Gasteiger charge is 2.28. The highest BCUT2D eigenvalue weighted by molar-refractivity contribution is 8.14. The molecule has 0 bridgehead atoms. The maximum atomic E-state index is 11.5. The second kappa shape index (κ2) is 3.60. The molecule has 1 atom stereocenters. The fraction of sp³-hybridized carbons (Fsp3) is 0.778. The van der Waals surface area contributed by atoms with Crippen molar-refractivity contribution in [2.24, 2.45) is 10.9 Å². The summed E-state index contributed by atoms with van der Waals surface area (Å²) in [7, 11) is 0. The molecule has 3 heteroatoms. The number of ketones is 1. The fourth-order valence-electron chi connectivity index (χ4n) is 1.81. The summed E-state index contributed by atoms with van der Waals surface area (Å²) in [5.74, 6) is 1.69. The third-order valence-corrected chi connectivity index (χ3v) is 3.56. The van der Waals surface area contributed by atoms with Gasteiger partial charge in [0, 0.05) is 18.7 Å². The van der Waals surface area contributed by atoms with E-state index in [2.05, 4.69) is 4.99 Å². The van der Waals surface area contributed by atoms with Gasteiger partial charge >= 0.3 is 0 Å².